The molecule has 110 valence electrons. The van der Waals surface area contributed by atoms with Crippen molar-refractivity contribution in [1.82, 2.24) is 15.2 Å². The van der Waals surface area contributed by atoms with Crippen LogP contribution in [0.3, 0.4) is 0 Å². The number of nitrogens with one attached hydrogen (secondary N) is 1. The Morgan fingerprint density at radius 3 is 2.80 bits per heavy atom. The van der Waals surface area contributed by atoms with Gasteiger partial charge in [-0.05, 0) is 12.1 Å². The summed E-state index contributed by atoms with van der Waals surface area (Å²) < 4.78 is 4.85. The van der Waals surface area contributed by atoms with E-state index in [2.05, 4.69) is 10.3 Å². The summed E-state index contributed by atoms with van der Waals surface area (Å²) in [5, 5.41) is 2.72. The van der Waals surface area contributed by atoms with Crippen LogP contribution < -0.4 is 5.32 Å². The molecule has 1 heterocycles. The Morgan fingerprint density at radius 2 is 2.20 bits per heavy atom. The predicted octanol–water partition coefficient (Wildman–Crippen LogP) is 0.583. The van der Waals surface area contributed by atoms with Crippen molar-refractivity contribution >= 4 is 11.8 Å². The van der Waals surface area contributed by atoms with E-state index in [0.29, 0.717) is 26.2 Å². The van der Waals surface area contributed by atoms with Crippen molar-refractivity contribution in [3.63, 3.8) is 0 Å². The Balaban J connectivity index is 2.40. The molecule has 0 fully saturated rings. The third-order valence-electron chi connectivity index (χ3n) is 2.76. The van der Waals surface area contributed by atoms with Gasteiger partial charge in [0.25, 0.3) is 0 Å². The number of amides is 2. The van der Waals surface area contributed by atoms with Gasteiger partial charge < -0.3 is 15.0 Å². The number of carbonyl (C=O) groups is 2. The van der Waals surface area contributed by atoms with Gasteiger partial charge in [-0.3, -0.25) is 14.6 Å². The number of aromatic nitrogens is 1. The summed E-state index contributed by atoms with van der Waals surface area (Å²) in [5.74, 6) is -0.158. The molecule has 1 aromatic rings. The lowest BCUT2D eigenvalue weighted by Crippen LogP contribution is -2.34. The predicted molar refractivity (Wildman–Crippen MR) is 74.8 cm³/mol. The zero-order valence-electron chi connectivity index (χ0n) is 12.0. The van der Waals surface area contributed by atoms with Gasteiger partial charge in [0.2, 0.25) is 11.8 Å². The van der Waals surface area contributed by atoms with Gasteiger partial charge in [0, 0.05) is 39.7 Å². The molecule has 0 unspecified atom stereocenters. The van der Waals surface area contributed by atoms with E-state index in [4.69, 9.17) is 4.74 Å². The second-order valence-electron chi connectivity index (χ2n) is 4.35. The second kappa shape index (κ2) is 9.03. The minimum Gasteiger partial charge on any atom is -0.383 e. The van der Waals surface area contributed by atoms with Gasteiger partial charge in [-0.25, -0.2) is 0 Å². The van der Waals surface area contributed by atoms with Crippen molar-refractivity contribution in [3.8, 4) is 0 Å². The summed E-state index contributed by atoms with van der Waals surface area (Å²) in [4.78, 5) is 28.9. The fraction of sp³-hybridized carbons (Fsp3) is 0.500. The standard InChI is InChI=1S/C14H21N3O3/c1-12(18)17(11-13-5-3-4-7-15-13)9-6-14(19)16-8-10-20-2/h3-5,7H,6,8-11H2,1-2H3,(H,16,19). The molecule has 2 amide bonds. The van der Waals surface area contributed by atoms with Gasteiger partial charge in [-0.2, -0.15) is 0 Å². The third kappa shape index (κ3) is 6.29. The van der Waals surface area contributed by atoms with Gasteiger partial charge in [-0.1, -0.05) is 6.07 Å². The molecule has 0 atom stereocenters. The molecule has 0 radical (unpaired) electrons. The normalized spacial score (nSPS) is 10.1. The number of carbonyl (C=O) groups excluding carboxylic acids is 2. The lowest BCUT2D eigenvalue weighted by molar-refractivity contribution is -0.130. The van der Waals surface area contributed by atoms with Crippen LogP contribution in [0, 0.1) is 0 Å². The van der Waals surface area contributed by atoms with Crippen LogP contribution in [0.5, 0.6) is 0 Å². The van der Waals surface area contributed by atoms with Gasteiger partial charge in [-0.15, -0.1) is 0 Å². The smallest absolute Gasteiger partial charge is 0.221 e. The lowest BCUT2D eigenvalue weighted by atomic mass is 10.3. The molecule has 1 aromatic heterocycles. The highest BCUT2D eigenvalue weighted by Crippen LogP contribution is 2.02. The molecule has 1 rings (SSSR count). The molecule has 0 saturated heterocycles. The Bertz CT molecular complexity index is 423. The third-order valence-corrected chi connectivity index (χ3v) is 2.76. The van der Waals surface area contributed by atoms with Crippen LogP contribution in [0.15, 0.2) is 24.4 Å². The first kappa shape index (κ1) is 16.1. The monoisotopic (exact) mass is 279 g/mol. The number of nitrogens with zero attached hydrogens (tertiary/aromatic N) is 2. The highest BCUT2D eigenvalue weighted by atomic mass is 16.5. The summed E-state index contributed by atoms with van der Waals surface area (Å²) in [6.45, 7) is 3.25. The molecule has 6 nitrogen and oxygen atoms in total. The average Bonchev–Trinajstić information content (AvgIpc) is 2.44. The topological polar surface area (TPSA) is 71.5 Å². The average molecular weight is 279 g/mol. The van der Waals surface area contributed by atoms with Gasteiger partial charge in [0.05, 0.1) is 18.8 Å². The Morgan fingerprint density at radius 1 is 1.40 bits per heavy atom. The van der Waals surface area contributed by atoms with Crippen LogP contribution in [-0.2, 0) is 20.9 Å². The van der Waals surface area contributed by atoms with Crippen LogP contribution in [0.4, 0.5) is 0 Å². The largest absolute Gasteiger partial charge is 0.383 e. The Labute approximate surface area is 119 Å². The quantitative estimate of drug-likeness (QED) is 0.707. The zero-order valence-corrected chi connectivity index (χ0v) is 12.0. The molecule has 0 bridgehead atoms. The fourth-order valence-electron chi connectivity index (χ4n) is 1.65. The first-order valence-corrected chi connectivity index (χ1v) is 6.54. The zero-order chi connectivity index (χ0) is 14.8. The first-order chi connectivity index (χ1) is 9.63. The minimum atomic E-state index is -0.0886. The Hall–Kier alpha value is -1.95. The highest BCUT2D eigenvalue weighted by Gasteiger charge is 2.12. The second-order valence-corrected chi connectivity index (χ2v) is 4.35. The highest BCUT2D eigenvalue weighted by molar-refractivity contribution is 5.77. The van der Waals surface area contributed by atoms with Crippen molar-refractivity contribution in [2.24, 2.45) is 0 Å². The Kier molecular flexibility index (Phi) is 7.27. The van der Waals surface area contributed by atoms with Crippen LogP contribution in [-0.4, -0.2) is 48.5 Å². The summed E-state index contributed by atoms with van der Waals surface area (Å²) in [6, 6.07) is 5.55. The number of hydrogen-bond donors (Lipinski definition) is 1. The summed E-state index contributed by atoms with van der Waals surface area (Å²) in [5.41, 5.74) is 0.808. The van der Waals surface area contributed by atoms with E-state index in [-0.39, 0.29) is 18.2 Å². The molecule has 1 N–H and O–H groups in total. The number of methoxy groups -OCH3 is 1. The number of rotatable bonds is 8. The van der Waals surface area contributed by atoms with E-state index in [1.54, 1.807) is 18.2 Å². The van der Waals surface area contributed by atoms with E-state index in [1.807, 2.05) is 18.2 Å². The molecule has 0 saturated carbocycles. The lowest BCUT2D eigenvalue weighted by Gasteiger charge is -2.20. The van der Waals surface area contributed by atoms with Crippen molar-refractivity contribution in [2.45, 2.75) is 19.9 Å². The van der Waals surface area contributed by atoms with Crippen LogP contribution >= 0.6 is 0 Å². The first-order valence-electron chi connectivity index (χ1n) is 6.54. The van der Waals surface area contributed by atoms with Crippen LogP contribution in [0.2, 0.25) is 0 Å². The van der Waals surface area contributed by atoms with E-state index in [0.717, 1.165) is 5.69 Å². The van der Waals surface area contributed by atoms with E-state index < -0.39 is 0 Å². The summed E-state index contributed by atoms with van der Waals surface area (Å²) in [7, 11) is 1.58. The molecule has 0 aliphatic carbocycles. The molecular formula is C14H21N3O3. The summed E-state index contributed by atoms with van der Waals surface area (Å²) in [6.07, 6.45) is 1.96. The van der Waals surface area contributed by atoms with Gasteiger partial charge >= 0.3 is 0 Å². The molecule has 6 heteroatoms. The van der Waals surface area contributed by atoms with Crippen molar-refractivity contribution in [3.05, 3.63) is 30.1 Å². The number of ether oxygens (including phenoxy) is 1. The number of hydrogen-bond acceptors (Lipinski definition) is 4. The fourth-order valence-corrected chi connectivity index (χ4v) is 1.65. The molecule has 20 heavy (non-hydrogen) atoms. The minimum absolute atomic E-state index is 0.0691. The number of pyridine rings is 1. The van der Waals surface area contributed by atoms with Crippen LogP contribution in [0.1, 0.15) is 19.0 Å². The maximum absolute atomic E-state index is 11.6. The van der Waals surface area contributed by atoms with Crippen LogP contribution in [0.25, 0.3) is 0 Å². The van der Waals surface area contributed by atoms with E-state index in [9.17, 15) is 9.59 Å². The van der Waals surface area contributed by atoms with Crippen molar-refractivity contribution < 1.29 is 14.3 Å². The summed E-state index contributed by atoms with van der Waals surface area (Å²) >= 11 is 0. The molecule has 0 aromatic carbocycles. The van der Waals surface area contributed by atoms with E-state index in [1.165, 1.54) is 6.92 Å². The van der Waals surface area contributed by atoms with Gasteiger partial charge in [0.1, 0.15) is 0 Å². The van der Waals surface area contributed by atoms with Gasteiger partial charge in [0.15, 0.2) is 0 Å². The molecule has 0 aliphatic rings. The molecule has 0 spiro atoms. The van der Waals surface area contributed by atoms with E-state index >= 15 is 0 Å². The van der Waals surface area contributed by atoms with Crippen molar-refractivity contribution in [1.29, 1.82) is 0 Å². The molecular weight excluding hydrogens is 258 g/mol. The maximum atomic E-state index is 11.6. The SMILES string of the molecule is COCCNC(=O)CCN(Cc1ccccn1)C(C)=O. The van der Waals surface area contributed by atoms with Crippen molar-refractivity contribution in [2.75, 3.05) is 26.8 Å². The maximum Gasteiger partial charge on any atom is 0.221 e. The molecule has 0 aliphatic heterocycles.